The number of aromatic amines is 1. The zero-order chi connectivity index (χ0) is 24.1. The maximum atomic E-state index is 13.4. The van der Waals surface area contributed by atoms with Crippen molar-refractivity contribution in [1.82, 2.24) is 29.5 Å². The van der Waals surface area contributed by atoms with Crippen molar-refractivity contribution < 1.29 is 0 Å². The van der Waals surface area contributed by atoms with Gasteiger partial charge < -0.3 is 5.32 Å². The van der Waals surface area contributed by atoms with E-state index in [4.69, 9.17) is 4.98 Å². The molecule has 8 heteroatoms. The Hall–Kier alpha value is -3.94. The van der Waals surface area contributed by atoms with Crippen molar-refractivity contribution in [1.29, 1.82) is 0 Å². The minimum atomic E-state index is -0.0851. The zero-order valence-corrected chi connectivity index (χ0v) is 20.4. The van der Waals surface area contributed by atoms with Gasteiger partial charge in [0.05, 0.1) is 23.3 Å². The Morgan fingerprint density at radius 3 is 2.65 bits per heavy atom. The van der Waals surface area contributed by atoms with Crippen LogP contribution < -0.4 is 10.9 Å². The lowest BCUT2D eigenvalue weighted by Crippen LogP contribution is -2.20. The molecule has 0 spiro atoms. The summed E-state index contributed by atoms with van der Waals surface area (Å²) in [5.41, 5.74) is 7.50. The van der Waals surface area contributed by atoms with E-state index in [2.05, 4.69) is 39.7 Å². The second-order valence-electron chi connectivity index (χ2n) is 8.94. The summed E-state index contributed by atoms with van der Waals surface area (Å²) in [5.74, 6) is 0. The van der Waals surface area contributed by atoms with Crippen molar-refractivity contribution in [2.45, 2.75) is 47.2 Å². The van der Waals surface area contributed by atoms with Gasteiger partial charge in [-0.25, -0.2) is 4.68 Å². The monoisotopic (exact) mass is 455 g/mol. The number of fused-ring (bicyclic) bond motifs is 3. The standard InChI is InChI=1S/C26H29N7O/c1-7-33-25-21(13-28-33)23-18(10-14(2)11-19(23)26(34)32(25)6)16(4)30-22-9-8-15(3)29-24(22)20-12-27-31-17(20)5/h8-13,16,30H,7H2,1-6H3,(H,27,31). The van der Waals surface area contributed by atoms with Crippen molar-refractivity contribution in [2.24, 2.45) is 7.05 Å². The molecule has 174 valence electrons. The largest absolute Gasteiger partial charge is 0.377 e. The molecular weight excluding hydrogens is 426 g/mol. The lowest BCUT2D eigenvalue weighted by Gasteiger charge is -2.21. The Morgan fingerprint density at radius 2 is 1.94 bits per heavy atom. The Kier molecular flexibility index (Phi) is 5.23. The number of benzene rings is 1. The summed E-state index contributed by atoms with van der Waals surface area (Å²) in [6, 6.07) is 8.11. The number of rotatable bonds is 5. The van der Waals surface area contributed by atoms with Crippen molar-refractivity contribution in [2.75, 3.05) is 5.32 Å². The van der Waals surface area contributed by atoms with Crippen LogP contribution in [0.4, 0.5) is 5.69 Å². The van der Waals surface area contributed by atoms with Crippen LogP contribution in [0.25, 0.3) is 33.1 Å². The van der Waals surface area contributed by atoms with Gasteiger partial charge in [-0.1, -0.05) is 6.07 Å². The van der Waals surface area contributed by atoms with Gasteiger partial charge in [0.1, 0.15) is 5.65 Å². The van der Waals surface area contributed by atoms with E-state index in [0.29, 0.717) is 11.9 Å². The first-order valence-corrected chi connectivity index (χ1v) is 11.5. The molecule has 0 saturated heterocycles. The molecule has 0 aliphatic rings. The smallest absolute Gasteiger partial charge is 0.259 e. The van der Waals surface area contributed by atoms with Gasteiger partial charge in [0.25, 0.3) is 5.56 Å². The first kappa shape index (κ1) is 21.9. The summed E-state index contributed by atoms with van der Waals surface area (Å²) in [5, 5.41) is 18.1. The summed E-state index contributed by atoms with van der Waals surface area (Å²) in [6.07, 6.45) is 3.75. The average Bonchev–Trinajstić information content (AvgIpc) is 3.44. The van der Waals surface area contributed by atoms with E-state index in [9.17, 15) is 4.79 Å². The SMILES string of the molecule is CCn1ncc2c3c(C(C)Nc4ccc(C)nc4-c4c[nH]nc4C)cc(C)cc3c(=O)n(C)c21. The van der Waals surface area contributed by atoms with Crippen LogP contribution in [0.15, 0.2) is 41.5 Å². The number of aromatic nitrogens is 6. The van der Waals surface area contributed by atoms with Gasteiger partial charge in [-0.05, 0) is 63.9 Å². The molecular formula is C26H29N7O. The van der Waals surface area contributed by atoms with Crippen LogP contribution in [0, 0.1) is 20.8 Å². The topological polar surface area (TPSA) is 93.4 Å². The molecule has 0 aliphatic heterocycles. The number of hydrogen-bond donors (Lipinski definition) is 2. The predicted molar refractivity (Wildman–Crippen MR) is 136 cm³/mol. The number of nitrogens with one attached hydrogen (secondary N) is 2. The molecule has 4 heterocycles. The van der Waals surface area contributed by atoms with Crippen LogP contribution in [0.3, 0.4) is 0 Å². The minimum Gasteiger partial charge on any atom is -0.377 e. The molecule has 5 aromatic rings. The Bertz CT molecular complexity index is 1610. The number of pyridine rings is 2. The number of hydrogen-bond acceptors (Lipinski definition) is 5. The summed E-state index contributed by atoms with van der Waals surface area (Å²) < 4.78 is 3.58. The molecule has 0 radical (unpaired) electrons. The van der Waals surface area contributed by atoms with E-state index >= 15 is 0 Å². The van der Waals surface area contributed by atoms with E-state index in [0.717, 1.165) is 55.9 Å². The lowest BCUT2D eigenvalue weighted by molar-refractivity contribution is 0.659. The first-order valence-electron chi connectivity index (χ1n) is 11.5. The van der Waals surface area contributed by atoms with Gasteiger partial charge in [0.2, 0.25) is 0 Å². The molecule has 4 aromatic heterocycles. The second kappa shape index (κ2) is 8.13. The summed E-state index contributed by atoms with van der Waals surface area (Å²) >= 11 is 0. The molecule has 1 unspecified atom stereocenters. The van der Waals surface area contributed by atoms with E-state index in [1.807, 2.05) is 64.0 Å². The van der Waals surface area contributed by atoms with Crippen LogP contribution in [-0.2, 0) is 13.6 Å². The molecule has 8 nitrogen and oxygen atoms in total. The molecule has 1 atom stereocenters. The van der Waals surface area contributed by atoms with E-state index in [1.54, 1.807) is 4.57 Å². The molecule has 0 saturated carbocycles. The molecule has 1 aromatic carbocycles. The van der Waals surface area contributed by atoms with Crippen molar-refractivity contribution in [3.63, 3.8) is 0 Å². The third-order valence-corrected chi connectivity index (χ3v) is 6.51. The highest BCUT2D eigenvalue weighted by Gasteiger charge is 2.21. The Morgan fingerprint density at radius 1 is 1.15 bits per heavy atom. The summed E-state index contributed by atoms with van der Waals surface area (Å²) in [6.45, 7) is 10.8. The van der Waals surface area contributed by atoms with Crippen molar-refractivity contribution in [3.05, 3.63) is 69.5 Å². The maximum Gasteiger partial charge on any atom is 0.259 e. The molecule has 34 heavy (non-hydrogen) atoms. The highest BCUT2D eigenvalue weighted by molar-refractivity contribution is 6.07. The zero-order valence-electron chi connectivity index (χ0n) is 20.4. The molecule has 0 fully saturated rings. The normalized spacial score (nSPS) is 12.5. The summed E-state index contributed by atoms with van der Waals surface area (Å²) in [4.78, 5) is 18.2. The van der Waals surface area contributed by atoms with Crippen molar-refractivity contribution >= 4 is 27.5 Å². The maximum absolute atomic E-state index is 13.4. The van der Waals surface area contributed by atoms with Gasteiger partial charge in [-0.3, -0.25) is 19.4 Å². The van der Waals surface area contributed by atoms with Gasteiger partial charge in [0.15, 0.2) is 0 Å². The lowest BCUT2D eigenvalue weighted by atomic mass is 9.95. The molecule has 5 rings (SSSR count). The van der Waals surface area contributed by atoms with Gasteiger partial charge in [-0.15, -0.1) is 0 Å². The van der Waals surface area contributed by atoms with E-state index < -0.39 is 0 Å². The molecule has 0 bridgehead atoms. The van der Waals surface area contributed by atoms with Gasteiger partial charge >= 0.3 is 0 Å². The molecule has 0 aliphatic carbocycles. The third kappa shape index (κ3) is 3.37. The second-order valence-corrected chi connectivity index (χ2v) is 8.94. The van der Waals surface area contributed by atoms with Gasteiger partial charge in [-0.2, -0.15) is 10.2 Å². The number of aryl methyl sites for hydroxylation is 5. The molecule has 0 amide bonds. The average molecular weight is 456 g/mol. The fourth-order valence-electron chi connectivity index (χ4n) is 4.83. The van der Waals surface area contributed by atoms with Crippen LogP contribution in [-0.4, -0.2) is 29.5 Å². The number of H-pyrrole nitrogens is 1. The fourth-order valence-corrected chi connectivity index (χ4v) is 4.83. The number of nitrogens with zero attached hydrogens (tertiary/aromatic N) is 5. The van der Waals surface area contributed by atoms with E-state index in [-0.39, 0.29) is 11.6 Å². The number of anilines is 1. The van der Waals surface area contributed by atoms with Crippen LogP contribution in [0.5, 0.6) is 0 Å². The van der Waals surface area contributed by atoms with Gasteiger partial charge in [0, 0.05) is 53.2 Å². The van der Waals surface area contributed by atoms with Crippen LogP contribution in [0.2, 0.25) is 0 Å². The van der Waals surface area contributed by atoms with Crippen molar-refractivity contribution in [3.8, 4) is 11.3 Å². The molecule has 2 N–H and O–H groups in total. The predicted octanol–water partition coefficient (Wildman–Crippen LogP) is 4.79. The Balaban J connectivity index is 1.71. The Labute approximate surface area is 197 Å². The summed E-state index contributed by atoms with van der Waals surface area (Å²) in [7, 11) is 1.82. The minimum absolute atomic E-state index is 0.0124. The van der Waals surface area contributed by atoms with Crippen LogP contribution in [0.1, 0.15) is 42.4 Å². The van der Waals surface area contributed by atoms with Crippen LogP contribution >= 0.6 is 0 Å². The third-order valence-electron chi connectivity index (χ3n) is 6.51. The highest BCUT2D eigenvalue weighted by Crippen LogP contribution is 2.35. The quantitative estimate of drug-likeness (QED) is 0.397. The first-order chi connectivity index (χ1) is 16.3. The highest BCUT2D eigenvalue weighted by atomic mass is 16.1. The fraction of sp³-hybridized carbons (Fsp3) is 0.308. The van der Waals surface area contributed by atoms with E-state index in [1.165, 1.54) is 0 Å².